The van der Waals surface area contributed by atoms with E-state index in [2.05, 4.69) is 42.3 Å². The average molecular weight is 236 g/mol. The maximum absolute atomic E-state index is 4.25. The van der Waals surface area contributed by atoms with E-state index in [9.17, 15) is 0 Å². The molecular formula is C13H24N4. The Kier molecular flexibility index (Phi) is 3.54. The fraction of sp³-hybridized carbons (Fsp3) is 0.769. The summed E-state index contributed by atoms with van der Waals surface area (Å²) in [5, 5.41) is 7.70. The maximum Gasteiger partial charge on any atom is 0.0549 e. The number of aromatic nitrogens is 2. The minimum Gasteiger partial charge on any atom is -0.314 e. The Hall–Kier alpha value is -0.870. The summed E-state index contributed by atoms with van der Waals surface area (Å²) < 4.78 is 1.98. The maximum atomic E-state index is 4.25. The number of likely N-dealkylation sites (tertiary alicyclic amines) is 1. The Morgan fingerprint density at radius 1 is 1.41 bits per heavy atom. The van der Waals surface area contributed by atoms with Crippen LogP contribution in [0.4, 0.5) is 0 Å². The number of hydrogen-bond acceptors (Lipinski definition) is 3. The van der Waals surface area contributed by atoms with Crippen LogP contribution in [0.5, 0.6) is 0 Å². The molecule has 0 radical (unpaired) electrons. The second-order valence-corrected chi connectivity index (χ2v) is 5.40. The monoisotopic (exact) mass is 236 g/mol. The summed E-state index contributed by atoms with van der Waals surface area (Å²) >= 11 is 0. The van der Waals surface area contributed by atoms with Gasteiger partial charge in [0.25, 0.3) is 0 Å². The molecule has 0 bridgehead atoms. The first-order valence-corrected chi connectivity index (χ1v) is 6.46. The molecule has 17 heavy (non-hydrogen) atoms. The van der Waals surface area contributed by atoms with Crippen LogP contribution < -0.4 is 5.32 Å². The molecule has 96 valence electrons. The molecule has 4 nitrogen and oxygen atoms in total. The Bertz CT molecular complexity index is 363. The smallest absolute Gasteiger partial charge is 0.0549 e. The van der Waals surface area contributed by atoms with Crippen molar-refractivity contribution in [2.75, 3.05) is 20.1 Å². The van der Waals surface area contributed by atoms with Crippen LogP contribution in [0, 0.1) is 0 Å². The zero-order chi connectivity index (χ0) is 12.5. The molecule has 1 aromatic rings. The van der Waals surface area contributed by atoms with Crippen LogP contribution >= 0.6 is 0 Å². The second kappa shape index (κ2) is 4.78. The highest BCUT2D eigenvalue weighted by atomic mass is 15.3. The van der Waals surface area contributed by atoms with Crippen molar-refractivity contribution in [3.05, 3.63) is 18.0 Å². The van der Waals surface area contributed by atoms with Gasteiger partial charge in [0.15, 0.2) is 0 Å². The number of nitrogens with one attached hydrogen (secondary N) is 1. The van der Waals surface area contributed by atoms with Gasteiger partial charge >= 0.3 is 0 Å². The Balaban J connectivity index is 2.00. The van der Waals surface area contributed by atoms with Crippen molar-refractivity contribution in [2.45, 2.75) is 38.3 Å². The molecule has 2 heterocycles. The number of rotatable bonds is 3. The van der Waals surface area contributed by atoms with Gasteiger partial charge in [-0.2, -0.15) is 5.10 Å². The average Bonchev–Trinajstić information content (AvgIpc) is 2.76. The molecule has 1 atom stereocenters. The summed E-state index contributed by atoms with van der Waals surface area (Å²) in [6.45, 7) is 6.91. The first-order chi connectivity index (χ1) is 8.06. The number of aryl methyl sites for hydroxylation is 1. The Labute approximate surface area is 104 Å². The number of hydrogen-bond donors (Lipinski definition) is 1. The van der Waals surface area contributed by atoms with Gasteiger partial charge in [-0.1, -0.05) is 0 Å². The lowest BCUT2D eigenvalue weighted by Gasteiger charge is -2.41. The van der Waals surface area contributed by atoms with Crippen molar-refractivity contribution in [3.63, 3.8) is 0 Å². The molecule has 1 N–H and O–H groups in total. The quantitative estimate of drug-likeness (QED) is 0.864. The van der Waals surface area contributed by atoms with Crippen LogP contribution in [0.1, 0.15) is 38.4 Å². The molecule has 1 saturated heterocycles. The predicted molar refractivity (Wildman–Crippen MR) is 69.9 cm³/mol. The van der Waals surface area contributed by atoms with Crippen molar-refractivity contribution in [2.24, 2.45) is 7.05 Å². The molecule has 0 amide bonds. The van der Waals surface area contributed by atoms with E-state index in [4.69, 9.17) is 0 Å². The molecule has 1 unspecified atom stereocenters. The van der Waals surface area contributed by atoms with E-state index >= 15 is 0 Å². The normalized spacial score (nSPS) is 22.6. The van der Waals surface area contributed by atoms with Gasteiger partial charge in [-0.3, -0.25) is 9.58 Å². The highest BCUT2D eigenvalue weighted by Crippen LogP contribution is 2.27. The van der Waals surface area contributed by atoms with Crippen molar-refractivity contribution < 1.29 is 0 Å². The van der Waals surface area contributed by atoms with E-state index in [1.54, 1.807) is 0 Å². The van der Waals surface area contributed by atoms with E-state index in [0.29, 0.717) is 11.6 Å². The van der Waals surface area contributed by atoms with Crippen molar-refractivity contribution >= 4 is 0 Å². The lowest BCUT2D eigenvalue weighted by Crippen LogP contribution is -2.50. The summed E-state index contributed by atoms with van der Waals surface area (Å²) in [6, 6.07) is 2.58. The van der Waals surface area contributed by atoms with Gasteiger partial charge in [-0.15, -0.1) is 0 Å². The molecule has 0 saturated carbocycles. The van der Waals surface area contributed by atoms with Gasteiger partial charge in [-0.05, 0) is 39.8 Å². The van der Waals surface area contributed by atoms with E-state index in [-0.39, 0.29) is 0 Å². The molecule has 1 aliphatic rings. The molecule has 0 aliphatic carbocycles. The largest absolute Gasteiger partial charge is 0.314 e. The zero-order valence-electron chi connectivity index (χ0n) is 11.4. The van der Waals surface area contributed by atoms with Gasteiger partial charge in [0.05, 0.1) is 5.69 Å². The van der Waals surface area contributed by atoms with E-state index in [1.165, 1.54) is 18.5 Å². The summed E-state index contributed by atoms with van der Waals surface area (Å²) in [5.74, 6) is 0. The lowest BCUT2D eigenvalue weighted by atomic mass is 9.89. The minimum absolute atomic E-state index is 0.322. The third-order valence-corrected chi connectivity index (χ3v) is 4.34. The van der Waals surface area contributed by atoms with Gasteiger partial charge in [0, 0.05) is 37.9 Å². The summed E-state index contributed by atoms with van der Waals surface area (Å²) in [6.07, 6.45) is 4.31. The third-order valence-electron chi connectivity index (χ3n) is 4.34. The minimum atomic E-state index is 0.322. The Morgan fingerprint density at radius 2 is 2.06 bits per heavy atom. The highest BCUT2D eigenvalue weighted by molar-refractivity contribution is 5.06. The van der Waals surface area contributed by atoms with Gasteiger partial charge in [-0.25, -0.2) is 0 Å². The first-order valence-electron chi connectivity index (χ1n) is 6.46. The van der Waals surface area contributed by atoms with Crippen LogP contribution in [0.15, 0.2) is 12.3 Å². The van der Waals surface area contributed by atoms with Crippen molar-refractivity contribution in [3.8, 4) is 0 Å². The summed E-state index contributed by atoms with van der Waals surface area (Å²) in [4.78, 5) is 2.55. The fourth-order valence-electron chi connectivity index (χ4n) is 2.64. The summed E-state index contributed by atoms with van der Waals surface area (Å²) in [7, 11) is 4.09. The van der Waals surface area contributed by atoms with Crippen molar-refractivity contribution in [1.29, 1.82) is 0 Å². The van der Waals surface area contributed by atoms with E-state index in [0.717, 1.165) is 13.1 Å². The van der Waals surface area contributed by atoms with E-state index < -0.39 is 0 Å². The molecular weight excluding hydrogens is 212 g/mol. The molecule has 1 aromatic heterocycles. The highest BCUT2D eigenvalue weighted by Gasteiger charge is 2.31. The Morgan fingerprint density at radius 3 is 2.53 bits per heavy atom. The van der Waals surface area contributed by atoms with Crippen LogP contribution in [0.3, 0.4) is 0 Å². The first kappa shape index (κ1) is 12.6. The van der Waals surface area contributed by atoms with Gasteiger partial charge in [0.1, 0.15) is 0 Å². The third kappa shape index (κ3) is 2.53. The molecule has 0 spiro atoms. The lowest BCUT2D eigenvalue weighted by molar-refractivity contribution is 0.114. The fourth-order valence-corrected chi connectivity index (χ4v) is 2.64. The van der Waals surface area contributed by atoms with E-state index in [1.807, 2.05) is 17.9 Å². The molecule has 4 heteroatoms. The molecule has 1 aliphatic heterocycles. The molecule has 2 rings (SSSR count). The molecule has 1 fully saturated rings. The summed E-state index contributed by atoms with van der Waals surface area (Å²) in [5.41, 5.74) is 1.63. The van der Waals surface area contributed by atoms with Crippen LogP contribution in [-0.4, -0.2) is 40.4 Å². The van der Waals surface area contributed by atoms with Gasteiger partial charge in [0.2, 0.25) is 0 Å². The predicted octanol–water partition coefficient (Wildman–Crippen LogP) is 1.55. The number of piperidine rings is 1. The molecule has 0 aromatic carbocycles. The number of nitrogens with zero attached hydrogens (tertiary/aromatic N) is 3. The SMILES string of the molecule is CNC1(C)CCN(C(C)c2ccnn2C)CC1. The van der Waals surface area contributed by atoms with Crippen molar-refractivity contribution in [1.82, 2.24) is 20.0 Å². The zero-order valence-corrected chi connectivity index (χ0v) is 11.4. The standard InChI is InChI=1S/C13H24N4/c1-11(12-5-8-15-16(12)4)17-9-6-13(2,14-3)7-10-17/h5,8,11,14H,6-7,9-10H2,1-4H3. The topological polar surface area (TPSA) is 33.1 Å². The van der Waals surface area contributed by atoms with Crippen LogP contribution in [0.2, 0.25) is 0 Å². The van der Waals surface area contributed by atoms with Crippen LogP contribution in [0.25, 0.3) is 0 Å². The second-order valence-electron chi connectivity index (χ2n) is 5.40. The van der Waals surface area contributed by atoms with Crippen LogP contribution in [-0.2, 0) is 7.05 Å². The van der Waals surface area contributed by atoms with Gasteiger partial charge < -0.3 is 5.32 Å².